The number of ether oxygens (including phenoxy) is 1. The van der Waals surface area contributed by atoms with Gasteiger partial charge in [0, 0.05) is 18.7 Å². The number of benzene rings is 2. The molecule has 0 aliphatic heterocycles. The van der Waals surface area contributed by atoms with Gasteiger partial charge in [0.05, 0.1) is 13.7 Å². The lowest BCUT2D eigenvalue weighted by atomic mass is 10.2. The van der Waals surface area contributed by atoms with Crippen LogP contribution in [0.3, 0.4) is 0 Å². The first-order chi connectivity index (χ1) is 14.9. The highest BCUT2D eigenvalue weighted by molar-refractivity contribution is 7.89. The fourth-order valence-corrected chi connectivity index (χ4v) is 4.73. The second-order valence-corrected chi connectivity index (χ2v) is 8.57. The molecule has 3 aromatic rings. The van der Waals surface area contributed by atoms with Gasteiger partial charge in [-0.05, 0) is 23.8 Å². The molecule has 0 spiro atoms. The maximum absolute atomic E-state index is 13.0. The van der Waals surface area contributed by atoms with Gasteiger partial charge in [-0.2, -0.15) is 4.31 Å². The van der Waals surface area contributed by atoms with Crippen LogP contribution in [0.5, 0.6) is 5.75 Å². The Morgan fingerprint density at radius 2 is 1.84 bits per heavy atom. The minimum Gasteiger partial charge on any atom is -0.495 e. The molecule has 31 heavy (non-hydrogen) atoms. The highest BCUT2D eigenvalue weighted by atomic mass is 32.2. The van der Waals surface area contributed by atoms with Gasteiger partial charge in [-0.15, -0.1) is 5.10 Å². The maximum Gasteiger partial charge on any atom is 0.258 e. The van der Waals surface area contributed by atoms with Crippen LogP contribution in [0.15, 0.2) is 59.8 Å². The van der Waals surface area contributed by atoms with Crippen molar-refractivity contribution in [2.75, 3.05) is 25.5 Å². The molecule has 1 aromatic heterocycles. The molecule has 0 saturated carbocycles. The van der Waals surface area contributed by atoms with Crippen LogP contribution in [-0.2, 0) is 16.6 Å². The highest BCUT2D eigenvalue weighted by Crippen LogP contribution is 2.28. The van der Waals surface area contributed by atoms with Crippen molar-refractivity contribution in [1.82, 2.24) is 19.1 Å². The molecule has 0 aliphatic rings. The summed E-state index contributed by atoms with van der Waals surface area (Å²) in [6.45, 7) is 4.63. The first-order valence-electron chi connectivity index (χ1n) is 9.82. The Morgan fingerprint density at radius 1 is 1.13 bits per heavy atom. The zero-order valence-electron chi connectivity index (χ0n) is 17.6. The summed E-state index contributed by atoms with van der Waals surface area (Å²) in [5.74, 6) is -0.213. The van der Waals surface area contributed by atoms with Crippen LogP contribution in [0.25, 0.3) is 0 Å². The minimum atomic E-state index is -3.81. The van der Waals surface area contributed by atoms with Crippen LogP contribution in [0, 0.1) is 0 Å². The quantitative estimate of drug-likeness (QED) is 0.545. The van der Waals surface area contributed by atoms with Gasteiger partial charge in [0.15, 0.2) is 0 Å². The largest absolute Gasteiger partial charge is 0.495 e. The van der Waals surface area contributed by atoms with Crippen molar-refractivity contribution in [1.29, 1.82) is 0 Å². The lowest BCUT2D eigenvalue weighted by Gasteiger charge is -2.20. The Balaban J connectivity index is 1.81. The Morgan fingerprint density at radius 3 is 2.48 bits per heavy atom. The van der Waals surface area contributed by atoms with Gasteiger partial charge >= 0.3 is 0 Å². The number of hydrogen-bond donors (Lipinski definition) is 1. The molecular formula is C21H25N5O4S. The van der Waals surface area contributed by atoms with Crippen molar-refractivity contribution in [3.8, 4) is 5.75 Å². The van der Waals surface area contributed by atoms with E-state index in [9.17, 15) is 13.2 Å². The summed E-state index contributed by atoms with van der Waals surface area (Å²) in [6, 6.07) is 14.0. The summed E-state index contributed by atoms with van der Waals surface area (Å²) in [5, 5.41) is 6.86. The van der Waals surface area contributed by atoms with Gasteiger partial charge in [-0.1, -0.05) is 44.2 Å². The number of nitrogens with one attached hydrogen (secondary N) is 1. The molecule has 3 rings (SSSR count). The molecule has 0 saturated heterocycles. The second-order valence-electron chi connectivity index (χ2n) is 6.66. The number of anilines is 1. The van der Waals surface area contributed by atoms with Crippen molar-refractivity contribution >= 4 is 21.9 Å². The van der Waals surface area contributed by atoms with Crippen LogP contribution in [0.1, 0.15) is 29.8 Å². The first-order valence-corrected chi connectivity index (χ1v) is 11.3. The van der Waals surface area contributed by atoms with Gasteiger partial charge in [0.1, 0.15) is 17.0 Å². The number of hydrogen-bond acceptors (Lipinski definition) is 6. The first kappa shape index (κ1) is 22.4. The standard InChI is InChI=1S/C21H25N5O4S/c1-4-26(5-2)31(28,29)19-13-17(11-12-18(19)30-3)20(27)23-21-22-15-25(24-21)14-16-9-7-6-8-10-16/h6-13,15H,4-5,14H2,1-3H3,(H,23,24,27). The Kier molecular flexibility index (Phi) is 7.03. The average molecular weight is 444 g/mol. The van der Waals surface area contributed by atoms with E-state index in [-0.39, 0.29) is 22.2 Å². The molecule has 164 valence electrons. The van der Waals surface area contributed by atoms with E-state index in [1.807, 2.05) is 30.3 Å². The zero-order chi connectivity index (χ0) is 22.4. The van der Waals surface area contributed by atoms with E-state index in [1.54, 1.807) is 18.5 Å². The van der Waals surface area contributed by atoms with Crippen molar-refractivity contribution in [2.24, 2.45) is 0 Å². The summed E-state index contributed by atoms with van der Waals surface area (Å²) in [7, 11) is -2.42. The highest BCUT2D eigenvalue weighted by Gasteiger charge is 2.27. The van der Waals surface area contributed by atoms with Crippen LogP contribution in [0.4, 0.5) is 5.95 Å². The van der Waals surface area contributed by atoms with Crippen molar-refractivity contribution in [2.45, 2.75) is 25.3 Å². The molecular weight excluding hydrogens is 418 g/mol. The van der Waals surface area contributed by atoms with Gasteiger partial charge in [0.25, 0.3) is 5.91 Å². The molecule has 0 atom stereocenters. The fourth-order valence-electron chi connectivity index (χ4n) is 3.09. The molecule has 1 amide bonds. The molecule has 0 fully saturated rings. The zero-order valence-corrected chi connectivity index (χ0v) is 18.5. The number of methoxy groups -OCH3 is 1. The summed E-state index contributed by atoms with van der Waals surface area (Å²) in [6.07, 6.45) is 1.52. The normalized spacial score (nSPS) is 11.5. The smallest absolute Gasteiger partial charge is 0.258 e. The molecule has 1 N–H and O–H groups in total. The van der Waals surface area contributed by atoms with Crippen molar-refractivity contribution in [3.63, 3.8) is 0 Å². The lowest BCUT2D eigenvalue weighted by Crippen LogP contribution is -2.31. The van der Waals surface area contributed by atoms with E-state index in [0.29, 0.717) is 19.6 Å². The number of carbonyl (C=O) groups excluding carboxylic acids is 1. The molecule has 0 radical (unpaired) electrons. The summed E-state index contributed by atoms with van der Waals surface area (Å²) >= 11 is 0. The predicted octanol–water partition coefficient (Wildman–Crippen LogP) is 2.62. The van der Waals surface area contributed by atoms with Crippen LogP contribution < -0.4 is 10.1 Å². The third-order valence-electron chi connectivity index (χ3n) is 4.70. The van der Waals surface area contributed by atoms with Crippen LogP contribution in [0.2, 0.25) is 0 Å². The number of sulfonamides is 1. The Bertz CT molecular complexity index is 1140. The van der Waals surface area contributed by atoms with E-state index in [0.717, 1.165) is 5.56 Å². The molecule has 9 nitrogen and oxygen atoms in total. The van der Waals surface area contributed by atoms with Crippen LogP contribution in [-0.4, -0.2) is 53.6 Å². The number of carbonyl (C=O) groups is 1. The minimum absolute atomic E-state index is 0.0612. The second kappa shape index (κ2) is 9.71. The summed E-state index contributed by atoms with van der Waals surface area (Å²) < 4.78 is 34.1. The molecule has 0 aliphatic carbocycles. The maximum atomic E-state index is 13.0. The molecule has 1 heterocycles. The number of aromatic nitrogens is 3. The van der Waals surface area contributed by atoms with E-state index >= 15 is 0 Å². The Labute approximate surface area is 181 Å². The molecule has 0 unspecified atom stereocenters. The van der Waals surface area contributed by atoms with Gasteiger partial charge in [-0.25, -0.2) is 18.1 Å². The van der Waals surface area contributed by atoms with Gasteiger partial charge < -0.3 is 4.74 Å². The van der Waals surface area contributed by atoms with Crippen molar-refractivity contribution in [3.05, 3.63) is 66.0 Å². The number of nitrogens with zero attached hydrogens (tertiary/aromatic N) is 4. The fraction of sp³-hybridized carbons (Fsp3) is 0.286. The molecule has 0 bridgehead atoms. The number of rotatable bonds is 9. The average Bonchev–Trinajstić information content (AvgIpc) is 3.21. The SMILES string of the molecule is CCN(CC)S(=O)(=O)c1cc(C(=O)Nc2ncn(Cc3ccccc3)n2)ccc1OC. The van der Waals surface area contributed by atoms with E-state index in [1.165, 1.54) is 35.9 Å². The van der Waals surface area contributed by atoms with Crippen molar-refractivity contribution < 1.29 is 17.9 Å². The van der Waals surface area contributed by atoms with E-state index < -0.39 is 15.9 Å². The lowest BCUT2D eigenvalue weighted by molar-refractivity contribution is 0.102. The predicted molar refractivity (Wildman–Crippen MR) is 117 cm³/mol. The third-order valence-corrected chi connectivity index (χ3v) is 6.77. The van der Waals surface area contributed by atoms with E-state index in [4.69, 9.17) is 4.74 Å². The summed E-state index contributed by atoms with van der Waals surface area (Å²) in [5.41, 5.74) is 1.21. The molecule has 10 heteroatoms. The van der Waals surface area contributed by atoms with Gasteiger partial charge in [0.2, 0.25) is 16.0 Å². The van der Waals surface area contributed by atoms with Gasteiger partial charge in [-0.3, -0.25) is 10.1 Å². The summed E-state index contributed by atoms with van der Waals surface area (Å²) in [4.78, 5) is 16.8. The van der Waals surface area contributed by atoms with Crippen LogP contribution >= 0.6 is 0 Å². The topological polar surface area (TPSA) is 106 Å². The third kappa shape index (κ3) is 5.09. The Hall–Kier alpha value is -3.24. The van der Waals surface area contributed by atoms with E-state index in [2.05, 4.69) is 15.4 Å². The monoisotopic (exact) mass is 443 g/mol. The molecule has 2 aromatic carbocycles. The number of amides is 1.